The van der Waals surface area contributed by atoms with E-state index in [9.17, 15) is 5.11 Å². The second-order valence-electron chi connectivity index (χ2n) is 5.16. The van der Waals surface area contributed by atoms with E-state index >= 15 is 0 Å². The molecule has 0 rings (SSSR count). The average Bonchev–Trinajstić information content (AvgIpc) is 2.29. The molecule has 0 aliphatic carbocycles. The lowest BCUT2D eigenvalue weighted by Crippen LogP contribution is -2.33. The van der Waals surface area contributed by atoms with Crippen LogP contribution in [0.15, 0.2) is 0 Å². The lowest BCUT2D eigenvalue weighted by atomic mass is 10.1. The molecule has 0 radical (unpaired) electrons. The highest BCUT2D eigenvalue weighted by Gasteiger charge is 2.09. The van der Waals surface area contributed by atoms with Crippen LogP contribution < -0.4 is 0 Å². The van der Waals surface area contributed by atoms with E-state index < -0.39 is 0 Å². The molecular formula is C15H33NO. The van der Waals surface area contributed by atoms with Gasteiger partial charge in [0.1, 0.15) is 0 Å². The van der Waals surface area contributed by atoms with Gasteiger partial charge in [0.05, 0.1) is 6.10 Å². The molecule has 17 heavy (non-hydrogen) atoms. The minimum absolute atomic E-state index is 0.116. The molecule has 0 heterocycles. The molecular weight excluding hydrogens is 210 g/mol. The van der Waals surface area contributed by atoms with Gasteiger partial charge in [0.15, 0.2) is 0 Å². The molecule has 0 saturated carbocycles. The number of hydrogen-bond donors (Lipinski definition) is 1. The zero-order valence-electron chi connectivity index (χ0n) is 12.2. The maximum Gasteiger partial charge on any atom is 0.0667 e. The molecule has 0 saturated heterocycles. The van der Waals surface area contributed by atoms with Crippen LogP contribution in [0.2, 0.25) is 0 Å². The quantitative estimate of drug-likeness (QED) is 0.527. The third-order valence-corrected chi connectivity index (χ3v) is 3.19. The van der Waals surface area contributed by atoms with Gasteiger partial charge in [-0.15, -0.1) is 0 Å². The van der Waals surface area contributed by atoms with Crippen LogP contribution in [0.3, 0.4) is 0 Å². The zero-order valence-corrected chi connectivity index (χ0v) is 12.2. The second-order valence-corrected chi connectivity index (χ2v) is 5.16. The van der Waals surface area contributed by atoms with Gasteiger partial charge in [-0.1, -0.05) is 52.9 Å². The van der Waals surface area contributed by atoms with Crippen molar-refractivity contribution in [3.63, 3.8) is 0 Å². The Kier molecular flexibility index (Phi) is 12.3. The Bertz CT molecular complexity index is 144. The molecule has 0 bridgehead atoms. The average molecular weight is 243 g/mol. The van der Waals surface area contributed by atoms with Crippen LogP contribution in [0.1, 0.15) is 72.1 Å². The Hall–Kier alpha value is -0.0800. The van der Waals surface area contributed by atoms with Crippen molar-refractivity contribution in [1.29, 1.82) is 0 Å². The van der Waals surface area contributed by atoms with Gasteiger partial charge in [-0.05, 0) is 32.4 Å². The number of rotatable bonds is 12. The fraction of sp³-hybridized carbons (Fsp3) is 1.00. The van der Waals surface area contributed by atoms with Crippen molar-refractivity contribution in [3.05, 3.63) is 0 Å². The largest absolute Gasteiger partial charge is 0.392 e. The first-order valence-corrected chi connectivity index (χ1v) is 7.64. The van der Waals surface area contributed by atoms with E-state index in [0.717, 1.165) is 26.1 Å². The van der Waals surface area contributed by atoms with Gasteiger partial charge in [0, 0.05) is 6.54 Å². The van der Waals surface area contributed by atoms with E-state index in [1.807, 2.05) is 0 Å². The van der Waals surface area contributed by atoms with Gasteiger partial charge in [0.2, 0.25) is 0 Å². The summed E-state index contributed by atoms with van der Waals surface area (Å²) in [6.45, 7) is 9.78. The summed E-state index contributed by atoms with van der Waals surface area (Å²) >= 11 is 0. The molecule has 0 spiro atoms. The van der Waals surface area contributed by atoms with E-state index in [2.05, 4.69) is 25.7 Å². The standard InChI is InChI=1S/C15H33NO/c1-4-7-8-9-10-11-15(17)14-16(12-5-2)13-6-3/h15,17H,4-14H2,1-3H3. The summed E-state index contributed by atoms with van der Waals surface area (Å²) in [5.74, 6) is 0. The van der Waals surface area contributed by atoms with E-state index in [4.69, 9.17) is 0 Å². The molecule has 0 aliphatic heterocycles. The highest BCUT2D eigenvalue weighted by atomic mass is 16.3. The summed E-state index contributed by atoms with van der Waals surface area (Å²) in [5.41, 5.74) is 0. The number of hydrogen-bond acceptors (Lipinski definition) is 2. The molecule has 104 valence electrons. The van der Waals surface area contributed by atoms with Crippen LogP contribution in [0.4, 0.5) is 0 Å². The highest BCUT2D eigenvalue weighted by Crippen LogP contribution is 2.08. The van der Waals surface area contributed by atoms with Crippen molar-refractivity contribution < 1.29 is 5.11 Å². The van der Waals surface area contributed by atoms with Crippen LogP contribution in [0.25, 0.3) is 0 Å². The molecule has 0 aromatic carbocycles. The molecule has 1 N–H and O–H groups in total. The molecule has 2 nitrogen and oxygen atoms in total. The SMILES string of the molecule is CCCCCCCC(O)CN(CCC)CCC. The molecule has 0 fully saturated rings. The van der Waals surface area contributed by atoms with Crippen LogP contribution in [0, 0.1) is 0 Å². The smallest absolute Gasteiger partial charge is 0.0667 e. The monoisotopic (exact) mass is 243 g/mol. The molecule has 0 aliphatic rings. The fourth-order valence-electron chi connectivity index (χ4n) is 2.30. The maximum absolute atomic E-state index is 9.99. The lowest BCUT2D eigenvalue weighted by Gasteiger charge is -2.24. The molecule has 0 aromatic rings. The third-order valence-electron chi connectivity index (χ3n) is 3.19. The number of aliphatic hydroxyl groups is 1. The zero-order chi connectivity index (χ0) is 12.9. The Balaban J connectivity index is 3.55. The first kappa shape index (κ1) is 16.9. The second kappa shape index (κ2) is 12.4. The van der Waals surface area contributed by atoms with Gasteiger partial charge in [-0.2, -0.15) is 0 Å². The van der Waals surface area contributed by atoms with Gasteiger partial charge in [-0.3, -0.25) is 0 Å². The summed E-state index contributed by atoms with van der Waals surface area (Å²) in [6, 6.07) is 0. The summed E-state index contributed by atoms with van der Waals surface area (Å²) in [7, 11) is 0. The highest BCUT2D eigenvalue weighted by molar-refractivity contribution is 4.64. The maximum atomic E-state index is 9.99. The summed E-state index contributed by atoms with van der Waals surface area (Å²) in [6.07, 6.45) is 9.67. The van der Waals surface area contributed by atoms with Crippen molar-refractivity contribution in [2.45, 2.75) is 78.2 Å². The first-order valence-electron chi connectivity index (χ1n) is 7.64. The molecule has 2 heteroatoms. The normalized spacial score (nSPS) is 13.2. The summed E-state index contributed by atoms with van der Waals surface area (Å²) in [5, 5.41) is 9.99. The summed E-state index contributed by atoms with van der Waals surface area (Å²) in [4.78, 5) is 2.40. The number of nitrogens with zero attached hydrogens (tertiary/aromatic N) is 1. The molecule has 0 aromatic heterocycles. The van der Waals surface area contributed by atoms with Crippen LogP contribution in [-0.4, -0.2) is 35.7 Å². The van der Waals surface area contributed by atoms with Crippen molar-refractivity contribution in [2.75, 3.05) is 19.6 Å². The van der Waals surface area contributed by atoms with Crippen molar-refractivity contribution >= 4 is 0 Å². The van der Waals surface area contributed by atoms with Crippen LogP contribution in [-0.2, 0) is 0 Å². The van der Waals surface area contributed by atoms with Gasteiger partial charge < -0.3 is 10.0 Å². The fourth-order valence-corrected chi connectivity index (χ4v) is 2.30. The minimum atomic E-state index is -0.116. The predicted octanol–water partition coefficient (Wildman–Crippen LogP) is 3.83. The lowest BCUT2D eigenvalue weighted by molar-refractivity contribution is 0.103. The molecule has 0 amide bonds. The van der Waals surface area contributed by atoms with Gasteiger partial charge in [-0.25, -0.2) is 0 Å². The first-order chi connectivity index (χ1) is 8.24. The van der Waals surface area contributed by atoms with Crippen molar-refractivity contribution in [2.24, 2.45) is 0 Å². The Morgan fingerprint density at radius 2 is 1.41 bits per heavy atom. The van der Waals surface area contributed by atoms with Crippen LogP contribution >= 0.6 is 0 Å². The molecule has 1 atom stereocenters. The van der Waals surface area contributed by atoms with Gasteiger partial charge >= 0.3 is 0 Å². The van der Waals surface area contributed by atoms with Crippen molar-refractivity contribution in [1.82, 2.24) is 4.90 Å². The molecule has 1 unspecified atom stereocenters. The van der Waals surface area contributed by atoms with E-state index in [0.29, 0.717) is 0 Å². The minimum Gasteiger partial charge on any atom is -0.392 e. The Morgan fingerprint density at radius 1 is 0.824 bits per heavy atom. The van der Waals surface area contributed by atoms with E-state index in [-0.39, 0.29) is 6.10 Å². The van der Waals surface area contributed by atoms with Gasteiger partial charge in [0.25, 0.3) is 0 Å². The van der Waals surface area contributed by atoms with E-state index in [1.165, 1.54) is 44.9 Å². The number of unbranched alkanes of at least 4 members (excludes halogenated alkanes) is 4. The Labute approximate surface area is 108 Å². The van der Waals surface area contributed by atoms with Crippen LogP contribution in [0.5, 0.6) is 0 Å². The van der Waals surface area contributed by atoms with Crippen molar-refractivity contribution in [3.8, 4) is 0 Å². The number of aliphatic hydroxyl groups excluding tert-OH is 1. The predicted molar refractivity (Wildman–Crippen MR) is 76.4 cm³/mol. The van der Waals surface area contributed by atoms with E-state index in [1.54, 1.807) is 0 Å². The summed E-state index contributed by atoms with van der Waals surface area (Å²) < 4.78 is 0. The Morgan fingerprint density at radius 3 is 1.94 bits per heavy atom. The topological polar surface area (TPSA) is 23.5 Å². The third kappa shape index (κ3) is 10.8.